The highest BCUT2D eigenvalue weighted by Gasteiger charge is 2.34. The zero-order valence-corrected chi connectivity index (χ0v) is 47.5. The third-order valence-corrected chi connectivity index (χ3v) is 21.1. The fourth-order valence-corrected chi connectivity index (χ4v) is 5.55. The Hall–Kier alpha value is -2.67. The van der Waals surface area contributed by atoms with Gasteiger partial charge in [-0.05, 0) is 123 Å². The summed E-state index contributed by atoms with van der Waals surface area (Å²) < 4.78 is 25.1. The van der Waals surface area contributed by atoms with Gasteiger partial charge in [-0.1, -0.05) is 73.7 Å². The third kappa shape index (κ3) is 29.5. The van der Waals surface area contributed by atoms with E-state index in [1.807, 2.05) is 25.4 Å². The van der Waals surface area contributed by atoms with E-state index in [1.54, 1.807) is 18.6 Å². The number of terminal acetylenes is 1. The van der Waals surface area contributed by atoms with Crippen molar-refractivity contribution in [2.24, 2.45) is 0 Å². The summed E-state index contributed by atoms with van der Waals surface area (Å²) in [5, 5.41) is 9.06. The van der Waals surface area contributed by atoms with E-state index < -0.39 is 16.1 Å². The average molecular weight is 1040 g/mol. The third-order valence-electron chi connectivity index (χ3n) is 11.2. The molecule has 0 saturated heterocycles. The summed E-state index contributed by atoms with van der Waals surface area (Å²) in [5.74, 6) is 4.59. The number of pyridine rings is 3. The fourth-order valence-electron chi connectivity index (χ4n) is 3.60. The van der Waals surface area contributed by atoms with Gasteiger partial charge in [0, 0.05) is 70.9 Å². The fraction of sp³-hybridized carbons (Fsp3) is 0.612. The number of likely N-dealkylation sites (N-methyl/N-ethyl adjacent to an activating group) is 3. The molecule has 0 aliphatic rings. The van der Waals surface area contributed by atoms with Crippen LogP contribution in [0, 0.1) is 29.2 Å². The van der Waals surface area contributed by atoms with Gasteiger partial charge >= 0.3 is 0 Å². The second-order valence-corrected chi connectivity index (χ2v) is 31.2. The number of aliphatic hydroxyl groups excluding tert-OH is 1. The van der Waals surface area contributed by atoms with Crippen LogP contribution in [0.5, 0.6) is 11.5 Å². The quantitative estimate of drug-likeness (QED) is 0.133. The second kappa shape index (κ2) is 31.3. The van der Waals surface area contributed by atoms with Crippen molar-refractivity contribution in [1.29, 1.82) is 0 Å². The Morgan fingerprint density at radius 1 is 0.651 bits per heavy atom. The van der Waals surface area contributed by atoms with Gasteiger partial charge in [-0.25, -0.2) is 4.39 Å². The van der Waals surface area contributed by atoms with Crippen LogP contribution in [0.15, 0.2) is 64.3 Å². The second-order valence-electron chi connectivity index (χ2n) is 19.4. The van der Waals surface area contributed by atoms with Crippen molar-refractivity contribution >= 4 is 48.0 Å². The van der Waals surface area contributed by atoms with Crippen LogP contribution >= 0.6 is 31.9 Å². The predicted octanol–water partition coefficient (Wildman–Crippen LogP) is 11.7. The lowest BCUT2D eigenvalue weighted by molar-refractivity contribution is 0.195. The Morgan fingerprint density at radius 3 is 1.37 bits per heavy atom. The van der Waals surface area contributed by atoms with Gasteiger partial charge in [-0.2, -0.15) is 0 Å². The van der Waals surface area contributed by atoms with E-state index in [4.69, 9.17) is 21.0 Å². The molecule has 0 unspecified atom stereocenters. The first-order chi connectivity index (χ1) is 28.9. The molecule has 0 bridgehead atoms. The van der Waals surface area contributed by atoms with Crippen LogP contribution in [-0.2, 0) is 0 Å². The molecule has 0 spiro atoms. The van der Waals surface area contributed by atoms with Crippen molar-refractivity contribution in [2.75, 3.05) is 60.6 Å². The normalized spacial score (nSPS) is 11.6. The van der Waals surface area contributed by atoms with Gasteiger partial charge in [0.1, 0.15) is 46.7 Å². The molecule has 356 valence electrons. The average Bonchev–Trinajstić information content (AvgIpc) is 3.17. The summed E-state index contributed by atoms with van der Waals surface area (Å²) in [6, 6.07) is 6.88. The first kappa shape index (κ1) is 62.4. The number of hydrogen-bond acceptors (Lipinski definition) is 9. The minimum absolute atomic E-state index is 0.259. The number of halogens is 3. The maximum absolute atomic E-state index is 12.1. The van der Waals surface area contributed by atoms with Crippen molar-refractivity contribution in [3.8, 4) is 34.9 Å². The lowest BCUT2D eigenvalue weighted by atomic mass is 10.2. The number of aliphatic hydroxyl groups is 1. The molecule has 3 heterocycles. The number of nitrogens with zero attached hydrogens (tertiary/aromatic N) is 6. The maximum atomic E-state index is 12.1. The molecule has 0 amide bonds. The Morgan fingerprint density at radius 2 is 1.05 bits per heavy atom. The molecule has 3 aromatic rings. The molecular formula is C49H83Br2FN6O3Si2. The van der Waals surface area contributed by atoms with Crippen LogP contribution in [0.4, 0.5) is 4.39 Å². The molecule has 0 aliphatic carbocycles. The largest absolute Gasteiger partial charge is 0.491 e. The van der Waals surface area contributed by atoms with Crippen LogP contribution < -0.4 is 9.47 Å². The molecule has 63 heavy (non-hydrogen) atoms. The molecule has 0 aliphatic heterocycles. The summed E-state index contributed by atoms with van der Waals surface area (Å²) in [4.78, 5) is 18.4. The molecular weight excluding hydrogens is 956 g/mol. The van der Waals surface area contributed by atoms with Crippen molar-refractivity contribution in [1.82, 2.24) is 29.7 Å². The molecule has 1 N–H and O–H groups in total. The number of rotatable bonds is 13. The van der Waals surface area contributed by atoms with Crippen LogP contribution in [-0.4, -0.2) is 130 Å². The SMILES string of the molecule is C#C[Si](C)(C)C(C)(C)C.CC(C)N(C)CCO.CC(C)N(C)CCOc1cncc(Br)c1.CC(C)N(C)CCOc1cncc(C#C[Si](C)(C)C(C)(C)C)c1.Fc1cncc(Br)c1. The highest BCUT2D eigenvalue weighted by atomic mass is 79.9. The lowest BCUT2D eigenvalue weighted by Crippen LogP contribution is -2.35. The van der Waals surface area contributed by atoms with E-state index in [9.17, 15) is 4.39 Å². The molecule has 0 aromatic carbocycles. The maximum Gasteiger partial charge on any atom is 0.142 e. The van der Waals surface area contributed by atoms with E-state index in [-0.39, 0.29) is 17.5 Å². The minimum Gasteiger partial charge on any atom is -0.491 e. The van der Waals surface area contributed by atoms with Gasteiger partial charge in [-0.3, -0.25) is 15.0 Å². The first-order valence-corrected chi connectivity index (χ1v) is 29.3. The summed E-state index contributed by atoms with van der Waals surface area (Å²) in [6.07, 6.45) is 15.1. The van der Waals surface area contributed by atoms with E-state index in [0.717, 1.165) is 47.4 Å². The zero-order chi connectivity index (χ0) is 49.2. The van der Waals surface area contributed by atoms with E-state index in [0.29, 0.717) is 40.9 Å². The molecule has 9 nitrogen and oxygen atoms in total. The summed E-state index contributed by atoms with van der Waals surface area (Å²) in [6.45, 7) is 39.7. The van der Waals surface area contributed by atoms with Gasteiger partial charge in [-0.15, -0.1) is 17.5 Å². The number of hydrogen-bond donors (Lipinski definition) is 1. The van der Waals surface area contributed by atoms with Crippen LogP contribution in [0.1, 0.15) is 88.6 Å². The lowest BCUT2D eigenvalue weighted by Gasteiger charge is -2.31. The van der Waals surface area contributed by atoms with Gasteiger partial charge in [0.25, 0.3) is 0 Å². The standard InChI is InChI=1S/C19H32N2OSi.C11H17BrN2O.C8H16Si.C6H15NO.C5H3BrFN/c1-16(2)21(6)10-11-22-18-13-17(14-20-15-18)9-12-23(7,8)19(3,4)5;1-9(2)14(3)4-5-15-11-6-10(12)7-13-8-11;1-7-9(5,6)8(2,3)4;1-6(2)7(3)4-5-8;6-4-1-5(7)3-8-2-4/h13-16H,10-11H2,1-8H3;6-9H,4-5H2,1-3H3;1H,2-6H3;6,8H,4-5H2,1-3H3;1-3H. The molecule has 0 fully saturated rings. The Bertz CT molecular complexity index is 1780. The highest BCUT2D eigenvalue weighted by Crippen LogP contribution is 2.35. The summed E-state index contributed by atoms with van der Waals surface area (Å²) in [7, 11) is 3.25. The van der Waals surface area contributed by atoms with Gasteiger partial charge in [0.15, 0.2) is 0 Å². The van der Waals surface area contributed by atoms with E-state index >= 15 is 0 Å². The zero-order valence-electron chi connectivity index (χ0n) is 42.3. The molecule has 0 atom stereocenters. The minimum atomic E-state index is -1.59. The molecule has 3 rings (SSSR count). The number of aromatic nitrogens is 3. The van der Waals surface area contributed by atoms with Crippen LogP contribution in [0.2, 0.25) is 36.3 Å². The monoisotopic (exact) mass is 1040 g/mol. The summed E-state index contributed by atoms with van der Waals surface area (Å²) >= 11 is 6.41. The molecule has 14 heteroatoms. The van der Waals surface area contributed by atoms with Crippen LogP contribution in [0.25, 0.3) is 0 Å². The van der Waals surface area contributed by atoms with Gasteiger partial charge in [0.2, 0.25) is 0 Å². The van der Waals surface area contributed by atoms with E-state index in [1.165, 1.54) is 12.3 Å². The first-order valence-electron chi connectivity index (χ1n) is 21.7. The topological polar surface area (TPSA) is 87.1 Å². The highest BCUT2D eigenvalue weighted by molar-refractivity contribution is 9.10. The Balaban J connectivity index is 0. The Labute approximate surface area is 403 Å². The molecule has 0 saturated carbocycles. The van der Waals surface area contributed by atoms with Crippen molar-refractivity contribution in [3.63, 3.8) is 0 Å². The van der Waals surface area contributed by atoms with Crippen molar-refractivity contribution < 1.29 is 19.0 Å². The summed E-state index contributed by atoms with van der Waals surface area (Å²) in [5.41, 5.74) is 7.37. The Kier molecular flexibility index (Phi) is 31.0. The van der Waals surface area contributed by atoms with Crippen molar-refractivity contribution in [3.05, 3.63) is 75.7 Å². The van der Waals surface area contributed by atoms with Crippen LogP contribution in [0.3, 0.4) is 0 Å². The van der Waals surface area contributed by atoms with E-state index in [2.05, 4.69) is 202 Å². The molecule has 3 aromatic heterocycles. The smallest absolute Gasteiger partial charge is 0.142 e. The molecule has 0 radical (unpaired) electrons. The predicted molar refractivity (Wildman–Crippen MR) is 280 cm³/mol. The van der Waals surface area contributed by atoms with Gasteiger partial charge < -0.3 is 29.3 Å². The number of ether oxygens (including phenoxy) is 2. The van der Waals surface area contributed by atoms with Gasteiger partial charge in [0.05, 0.1) is 25.2 Å². The van der Waals surface area contributed by atoms with Crippen molar-refractivity contribution in [2.45, 2.75) is 137 Å².